The van der Waals surface area contributed by atoms with E-state index in [0.29, 0.717) is 0 Å². The van der Waals surface area contributed by atoms with Crippen LogP contribution >= 0.6 is 39.0 Å². The van der Waals surface area contributed by atoms with E-state index in [1.54, 1.807) is 23.1 Å². The predicted octanol–water partition coefficient (Wildman–Crippen LogP) is 4.40. The molecule has 0 N–H and O–H groups in total. The van der Waals surface area contributed by atoms with E-state index in [1.807, 2.05) is 16.8 Å². The number of aryl methyl sites for hydroxylation is 1. The lowest BCUT2D eigenvalue weighted by Gasteiger charge is -2.09. The molecule has 1 aromatic carbocycles. The molecule has 0 saturated carbocycles. The standard InChI is InChI=1S/C14H13BrN4S2/c1-9-4-3-5-12(10(9)2)19-14(16-17-18-19)20-8-11-6-7-13(15)21-11/h3-7H,8H2,1-2H3. The number of rotatable bonds is 4. The van der Waals surface area contributed by atoms with Gasteiger partial charge in [0.05, 0.1) is 9.47 Å². The van der Waals surface area contributed by atoms with Gasteiger partial charge in [-0.1, -0.05) is 23.9 Å². The average Bonchev–Trinajstić information content (AvgIpc) is 3.08. The van der Waals surface area contributed by atoms with Gasteiger partial charge in [-0.25, -0.2) is 0 Å². The normalized spacial score (nSPS) is 11.0. The van der Waals surface area contributed by atoms with Gasteiger partial charge in [-0.3, -0.25) is 0 Å². The molecule has 0 amide bonds. The minimum absolute atomic E-state index is 0.813. The fourth-order valence-electron chi connectivity index (χ4n) is 1.95. The number of hydrogen-bond acceptors (Lipinski definition) is 5. The molecule has 0 aliphatic heterocycles. The molecule has 0 spiro atoms. The van der Waals surface area contributed by atoms with Crippen molar-refractivity contribution in [2.75, 3.05) is 0 Å². The second kappa shape index (κ2) is 6.29. The molecule has 3 aromatic rings. The molecule has 0 saturated heterocycles. The summed E-state index contributed by atoms with van der Waals surface area (Å²) in [5.74, 6) is 0.863. The van der Waals surface area contributed by atoms with Crippen LogP contribution in [-0.4, -0.2) is 20.2 Å². The van der Waals surface area contributed by atoms with Crippen molar-refractivity contribution in [1.82, 2.24) is 20.2 Å². The Morgan fingerprint density at radius 3 is 2.86 bits per heavy atom. The molecule has 0 aliphatic rings. The summed E-state index contributed by atoms with van der Waals surface area (Å²) in [6.45, 7) is 4.19. The van der Waals surface area contributed by atoms with Crippen molar-refractivity contribution < 1.29 is 0 Å². The molecule has 21 heavy (non-hydrogen) atoms. The minimum atomic E-state index is 0.813. The largest absolute Gasteiger partial charge is 0.214 e. The maximum Gasteiger partial charge on any atom is 0.214 e. The Kier molecular flexibility index (Phi) is 4.42. The Morgan fingerprint density at radius 2 is 2.10 bits per heavy atom. The number of tetrazole rings is 1. The number of halogens is 1. The maximum atomic E-state index is 4.14. The van der Waals surface area contributed by atoms with Crippen LogP contribution in [0.25, 0.3) is 5.69 Å². The summed E-state index contributed by atoms with van der Waals surface area (Å²) in [5, 5.41) is 12.9. The topological polar surface area (TPSA) is 43.6 Å². The van der Waals surface area contributed by atoms with Gasteiger partial charge in [0.2, 0.25) is 5.16 Å². The number of aromatic nitrogens is 4. The molecule has 3 rings (SSSR count). The summed E-state index contributed by atoms with van der Waals surface area (Å²) in [5.41, 5.74) is 3.47. The molecule has 4 nitrogen and oxygen atoms in total. The van der Waals surface area contributed by atoms with E-state index in [2.05, 4.69) is 63.5 Å². The summed E-state index contributed by atoms with van der Waals surface area (Å²) in [7, 11) is 0. The van der Waals surface area contributed by atoms with Crippen molar-refractivity contribution in [3.8, 4) is 5.69 Å². The van der Waals surface area contributed by atoms with Crippen LogP contribution in [0.15, 0.2) is 39.3 Å². The van der Waals surface area contributed by atoms with Crippen molar-refractivity contribution in [3.05, 3.63) is 50.1 Å². The first-order valence-corrected chi connectivity index (χ1v) is 8.96. The molecule has 7 heteroatoms. The van der Waals surface area contributed by atoms with Gasteiger partial charge in [0.1, 0.15) is 0 Å². The zero-order valence-electron chi connectivity index (χ0n) is 11.6. The Bertz CT molecular complexity index is 766. The van der Waals surface area contributed by atoms with Crippen LogP contribution in [0.4, 0.5) is 0 Å². The lowest BCUT2D eigenvalue weighted by molar-refractivity contribution is 0.751. The van der Waals surface area contributed by atoms with Gasteiger partial charge in [-0.2, -0.15) is 4.68 Å². The van der Waals surface area contributed by atoms with E-state index >= 15 is 0 Å². The smallest absolute Gasteiger partial charge is 0.187 e. The first-order chi connectivity index (χ1) is 10.1. The first kappa shape index (κ1) is 14.7. The van der Waals surface area contributed by atoms with E-state index in [9.17, 15) is 0 Å². The van der Waals surface area contributed by atoms with E-state index in [4.69, 9.17) is 0 Å². The third-order valence-electron chi connectivity index (χ3n) is 3.22. The summed E-state index contributed by atoms with van der Waals surface area (Å²) in [6, 6.07) is 10.4. The summed E-state index contributed by atoms with van der Waals surface area (Å²) >= 11 is 6.86. The van der Waals surface area contributed by atoms with Crippen molar-refractivity contribution >= 4 is 39.0 Å². The second-order valence-corrected chi connectivity index (χ2v) is 8.08. The number of hydrogen-bond donors (Lipinski definition) is 0. The van der Waals surface area contributed by atoms with Gasteiger partial charge in [0.15, 0.2) is 0 Å². The highest BCUT2D eigenvalue weighted by molar-refractivity contribution is 9.11. The highest BCUT2D eigenvalue weighted by Crippen LogP contribution is 2.29. The van der Waals surface area contributed by atoms with E-state index < -0.39 is 0 Å². The molecular weight excluding hydrogens is 368 g/mol. The van der Waals surface area contributed by atoms with Gasteiger partial charge < -0.3 is 0 Å². The Morgan fingerprint density at radius 1 is 1.24 bits per heavy atom. The third kappa shape index (κ3) is 3.20. The van der Waals surface area contributed by atoms with Crippen LogP contribution in [0.2, 0.25) is 0 Å². The number of benzene rings is 1. The van der Waals surface area contributed by atoms with E-state index in [0.717, 1.165) is 20.4 Å². The van der Waals surface area contributed by atoms with Crippen molar-refractivity contribution in [2.45, 2.75) is 24.8 Å². The molecule has 0 unspecified atom stereocenters. The SMILES string of the molecule is Cc1cccc(-n2nnnc2SCc2ccc(Br)s2)c1C. The molecule has 0 fully saturated rings. The molecule has 0 atom stereocenters. The van der Waals surface area contributed by atoms with Crippen LogP contribution in [0.5, 0.6) is 0 Å². The minimum Gasteiger partial charge on any atom is -0.187 e. The van der Waals surface area contributed by atoms with Crippen molar-refractivity contribution in [2.24, 2.45) is 0 Å². The molecule has 0 radical (unpaired) electrons. The summed E-state index contributed by atoms with van der Waals surface area (Å²) in [6.07, 6.45) is 0. The Labute approximate surface area is 139 Å². The van der Waals surface area contributed by atoms with Crippen LogP contribution in [-0.2, 0) is 5.75 Å². The summed E-state index contributed by atoms with van der Waals surface area (Å²) in [4.78, 5) is 1.29. The van der Waals surface area contributed by atoms with Gasteiger partial charge in [0.25, 0.3) is 0 Å². The van der Waals surface area contributed by atoms with Gasteiger partial charge in [-0.05, 0) is 69.5 Å². The second-order valence-electron chi connectivity index (χ2n) is 4.59. The van der Waals surface area contributed by atoms with Crippen LogP contribution in [0.3, 0.4) is 0 Å². The molecule has 0 aliphatic carbocycles. The Hall–Kier alpha value is -1.18. The number of nitrogens with zero attached hydrogens (tertiary/aromatic N) is 4. The van der Waals surface area contributed by atoms with Crippen molar-refractivity contribution in [3.63, 3.8) is 0 Å². The first-order valence-electron chi connectivity index (χ1n) is 6.37. The summed E-state index contributed by atoms with van der Waals surface area (Å²) < 4.78 is 2.96. The molecule has 0 bridgehead atoms. The maximum absolute atomic E-state index is 4.14. The monoisotopic (exact) mass is 380 g/mol. The quantitative estimate of drug-likeness (QED) is 0.629. The van der Waals surface area contributed by atoms with Crippen molar-refractivity contribution in [1.29, 1.82) is 0 Å². The van der Waals surface area contributed by atoms with Gasteiger partial charge in [0, 0.05) is 10.6 Å². The third-order valence-corrected chi connectivity index (χ3v) is 5.99. The van der Waals surface area contributed by atoms with E-state index in [-0.39, 0.29) is 0 Å². The molecule has 2 heterocycles. The zero-order chi connectivity index (χ0) is 14.8. The fraction of sp³-hybridized carbons (Fsp3) is 0.214. The molecular formula is C14H13BrN4S2. The predicted molar refractivity (Wildman–Crippen MR) is 90.2 cm³/mol. The fourth-order valence-corrected chi connectivity index (χ4v) is 4.36. The van der Waals surface area contributed by atoms with Crippen LogP contribution in [0, 0.1) is 13.8 Å². The molecule has 108 valence electrons. The van der Waals surface area contributed by atoms with Gasteiger partial charge >= 0.3 is 0 Å². The molecule has 2 aromatic heterocycles. The highest BCUT2D eigenvalue weighted by atomic mass is 79.9. The average molecular weight is 381 g/mol. The van der Waals surface area contributed by atoms with Crippen LogP contribution in [0.1, 0.15) is 16.0 Å². The van der Waals surface area contributed by atoms with Crippen LogP contribution < -0.4 is 0 Å². The number of thiophene rings is 1. The Balaban J connectivity index is 1.85. The van der Waals surface area contributed by atoms with Gasteiger partial charge in [-0.15, -0.1) is 16.4 Å². The highest BCUT2D eigenvalue weighted by Gasteiger charge is 2.12. The number of thioether (sulfide) groups is 1. The lowest BCUT2D eigenvalue weighted by atomic mass is 10.1. The van der Waals surface area contributed by atoms with E-state index in [1.165, 1.54) is 16.0 Å². The zero-order valence-corrected chi connectivity index (χ0v) is 14.8. The lowest BCUT2D eigenvalue weighted by Crippen LogP contribution is -2.02.